The minimum atomic E-state index is 0.0577. The number of carbonyl (C=O) groups excluding carboxylic acids is 1. The third-order valence-electron chi connectivity index (χ3n) is 4.97. The molecule has 4 heteroatoms. The molecule has 1 saturated heterocycles. The van der Waals surface area contributed by atoms with E-state index in [9.17, 15) is 4.79 Å². The SMILES string of the molecule is Cc1ccc(CC(=O)NCc2ccccc2CN2CC(C)OC(C)C2)cc1. The third kappa shape index (κ3) is 5.91. The van der Waals surface area contributed by atoms with E-state index in [1.54, 1.807) is 0 Å². The highest BCUT2D eigenvalue weighted by atomic mass is 16.5. The van der Waals surface area contributed by atoms with Gasteiger partial charge in [-0.15, -0.1) is 0 Å². The van der Waals surface area contributed by atoms with Gasteiger partial charge in [0, 0.05) is 26.2 Å². The minimum Gasteiger partial charge on any atom is -0.373 e. The Morgan fingerprint density at radius 1 is 1.04 bits per heavy atom. The van der Waals surface area contributed by atoms with Crippen molar-refractivity contribution in [2.24, 2.45) is 0 Å². The Kier molecular flexibility index (Phi) is 6.64. The molecule has 1 heterocycles. The summed E-state index contributed by atoms with van der Waals surface area (Å²) in [6.07, 6.45) is 0.936. The lowest BCUT2D eigenvalue weighted by atomic mass is 10.1. The summed E-state index contributed by atoms with van der Waals surface area (Å²) in [5.41, 5.74) is 4.71. The second kappa shape index (κ2) is 9.16. The summed E-state index contributed by atoms with van der Waals surface area (Å²) in [7, 11) is 0. The average molecular weight is 367 g/mol. The van der Waals surface area contributed by atoms with Crippen molar-refractivity contribution in [1.82, 2.24) is 10.2 Å². The number of aryl methyl sites for hydroxylation is 1. The summed E-state index contributed by atoms with van der Waals surface area (Å²) in [4.78, 5) is 14.8. The maximum Gasteiger partial charge on any atom is 0.224 e. The molecule has 1 amide bonds. The molecule has 27 heavy (non-hydrogen) atoms. The van der Waals surface area contributed by atoms with Gasteiger partial charge in [0.2, 0.25) is 5.91 Å². The van der Waals surface area contributed by atoms with Crippen LogP contribution in [0.1, 0.15) is 36.1 Å². The molecule has 2 aromatic rings. The molecule has 2 aromatic carbocycles. The molecule has 0 bridgehead atoms. The predicted molar refractivity (Wildman–Crippen MR) is 108 cm³/mol. The van der Waals surface area contributed by atoms with Crippen molar-refractivity contribution in [2.75, 3.05) is 13.1 Å². The van der Waals surface area contributed by atoms with Gasteiger partial charge in [-0.05, 0) is 37.5 Å². The molecule has 0 saturated carbocycles. The second-order valence-electron chi connectivity index (χ2n) is 7.66. The fraction of sp³-hybridized carbons (Fsp3) is 0.435. The molecular weight excluding hydrogens is 336 g/mol. The summed E-state index contributed by atoms with van der Waals surface area (Å²) in [6, 6.07) is 16.5. The van der Waals surface area contributed by atoms with Gasteiger partial charge in [0.1, 0.15) is 0 Å². The van der Waals surface area contributed by atoms with Crippen molar-refractivity contribution in [3.05, 3.63) is 70.8 Å². The fourth-order valence-corrected chi connectivity index (χ4v) is 3.69. The standard InChI is InChI=1S/C23H30N2O2/c1-17-8-10-20(11-9-17)12-23(26)24-13-21-6-4-5-7-22(21)16-25-14-18(2)27-19(3)15-25/h4-11,18-19H,12-16H2,1-3H3,(H,24,26). The van der Waals surface area contributed by atoms with Crippen LogP contribution < -0.4 is 5.32 Å². The smallest absolute Gasteiger partial charge is 0.224 e. The highest BCUT2D eigenvalue weighted by Gasteiger charge is 2.22. The van der Waals surface area contributed by atoms with E-state index in [0.717, 1.165) is 25.2 Å². The first-order valence-corrected chi connectivity index (χ1v) is 9.76. The molecule has 3 rings (SSSR count). The summed E-state index contributed by atoms with van der Waals surface area (Å²) in [5.74, 6) is 0.0577. The number of amides is 1. The van der Waals surface area contributed by atoms with E-state index in [1.807, 2.05) is 30.3 Å². The van der Waals surface area contributed by atoms with Gasteiger partial charge in [0.15, 0.2) is 0 Å². The quantitative estimate of drug-likeness (QED) is 0.851. The number of rotatable bonds is 6. The number of nitrogens with zero attached hydrogens (tertiary/aromatic N) is 1. The fourth-order valence-electron chi connectivity index (χ4n) is 3.69. The lowest BCUT2D eigenvalue weighted by Crippen LogP contribution is -2.45. The molecule has 0 aliphatic carbocycles. The highest BCUT2D eigenvalue weighted by Crippen LogP contribution is 2.17. The third-order valence-corrected chi connectivity index (χ3v) is 4.97. The van der Waals surface area contributed by atoms with Crippen molar-refractivity contribution in [3.8, 4) is 0 Å². The molecule has 0 radical (unpaired) electrons. The Hall–Kier alpha value is -2.17. The summed E-state index contributed by atoms with van der Waals surface area (Å²) in [5, 5.41) is 3.08. The van der Waals surface area contributed by atoms with Gasteiger partial charge in [-0.2, -0.15) is 0 Å². The lowest BCUT2D eigenvalue weighted by Gasteiger charge is -2.35. The van der Waals surface area contributed by atoms with Crippen LogP contribution in [-0.4, -0.2) is 36.1 Å². The zero-order valence-electron chi connectivity index (χ0n) is 16.6. The first-order valence-electron chi connectivity index (χ1n) is 9.76. The second-order valence-corrected chi connectivity index (χ2v) is 7.66. The Morgan fingerprint density at radius 2 is 1.67 bits per heavy atom. The van der Waals surface area contributed by atoms with Crippen LogP contribution in [0.3, 0.4) is 0 Å². The van der Waals surface area contributed by atoms with Crippen LogP contribution in [0.2, 0.25) is 0 Å². The molecular formula is C23H30N2O2. The van der Waals surface area contributed by atoms with Gasteiger partial charge >= 0.3 is 0 Å². The van der Waals surface area contributed by atoms with Gasteiger partial charge in [0.05, 0.1) is 18.6 Å². The minimum absolute atomic E-state index is 0.0577. The number of benzene rings is 2. The van der Waals surface area contributed by atoms with Crippen LogP contribution in [0, 0.1) is 6.92 Å². The molecule has 144 valence electrons. The number of morpholine rings is 1. The maximum absolute atomic E-state index is 12.3. The largest absolute Gasteiger partial charge is 0.373 e. The van der Waals surface area contributed by atoms with E-state index in [0.29, 0.717) is 13.0 Å². The molecule has 2 atom stereocenters. The number of carbonyl (C=O) groups is 1. The monoisotopic (exact) mass is 366 g/mol. The zero-order valence-corrected chi connectivity index (χ0v) is 16.6. The zero-order chi connectivity index (χ0) is 19.2. The van der Waals surface area contributed by atoms with Crippen molar-refractivity contribution < 1.29 is 9.53 Å². The molecule has 1 aliphatic rings. The number of hydrogen-bond donors (Lipinski definition) is 1. The number of hydrogen-bond acceptors (Lipinski definition) is 3. The molecule has 4 nitrogen and oxygen atoms in total. The maximum atomic E-state index is 12.3. The van der Waals surface area contributed by atoms with Gasteiger partial charge in [-0.1, -0.05) is 54.1 Å². The number of nitrogens with one attached hydrogen (secondary N) is 1. The molecule has 2 unspecified atom stereocenters. The molecule has 0 spiro atoms. The normalized spacial score (nSPS) is 20.4. The van der Waals surface area contributed by atoms with Crippen molar-refractivity contribution in [1.29, 1.82) is 0 Å². The van der Waals surface area contributed by atoms with Gasteiger partial charge < -0.3 is 10.1 Å². The Balaban J connectivity index is 1.57. The van der Waals surface area contributed by atoms with Crippen LogP contribution in [-0.2, 0) is 29.0 Å². The van der Waals surface area contributed by atoms with Crippen LogP contribution in [0.15, 0.2) is 48.5 Å². The summed E-state index contributed by atoms with van der Waals surface area (Å²) in [6.45, 7) is 9.64. The van der Waals surface area contributed by atoms with E-state index in [1.165, 1.54) is 16.7 Å². The van der Waals surface area contributed by atoms with E-state index < -0.39 is 0 Å². The van der Waals surface area contributed by atoms with Gasteiger partial charge in [-0.25, -0.2) is 0 Å². The lowest BCUT2D eigenvalue weighted by molar-refractivity contribution is -0.120. The van der Waals surface area contributed by atoms with Gasteiger partial charge in [-0.3, -0.25) is 9.69 Å². The van der Waals surface area contributed by atoms with Crippen molar-refractivity contribution in [2.45, 2.75) is 52.5 Å². The van der Waals surface area contributed by atoms with Crippen LogP contribution >= 0.6 is 0 Å². The van der Waals surface area contributed by atoms with E-state index in [-0.39, 0.29) is 18.1 Å². The average Bonchev–Trinajstić information content (AvgIpc) is 2.62. The van der Waals surface area contributed by atoms with Crippen LogP contribution in [0.25, 0.3) is 0 Å². The van der Waals surface area contributed by atoms with E-state index >= 15 is 0 Å². The van der Waals surface area contributed by atoms with Crippen molar-refractivity contribution in [3.63, 3.8) is 0 Å². The Bertz CT molecular complexity index is 747. The predicted octanol–water partition coefficient (Wildman–Crippen LogP) is 3.46. The topological polar surface area (TPSA) is 41.6 Å². The molecule has 1 aliphatic heterocycles. The number of ether oxygens (including phenoxy) is 1. The van der Waals surface area contributed by atoms with Crippen LogP contribution in [0.4, 0.5) is 0 Å². The summed E-state index contributed by atoms with van der Waals surface area (Å²) >= 11 is 0. The van der Waals surface area contributed by atoms with Gasteiger partial charge in [0.25, 0.3) is 0 Å². The molecule has 0 aromatic heterocycles. The first-order chi connectivity index (χ1) is 13.0. The summed E-state index contributed by atoms with van der Waals surface area (Å²) < 4.78 is 5.83. The molecule has 1 fully saturated rings. The van der Waals surface area contributed by atoms with Crippen LogP contribution in [0.5, 0.6) is 0 Å². The molecule has 1 N–H and O–H groups in total. The van der Waals surface area contributed by atoms with Crippen molar-refractivity contribution >= 4 is 5.91 Å². The van der Waals surface area contributed by atoms with E-state index in [2.05, 4.69) is 49.2 Å². The Morgan fingerprint density at radius 3 is 2.33 bits per heavy atom. The highest BCUT2D eigenvalue weighted by molar-refractivity contribution is 5.78. The first kappa shape index (κ1) is 19.6. The Labute approximate surface area is 162 Å². The van der Waals surface area contributed by atoms with E-state index in [4.69, 9.17) is 4.74 Å².